The molecule has 0 unspecified atom stereocenters. The van der Waals surface area contributed by atoms with Crippen molar-refractivity contribution in [2.75, 3.05) is 0 Å². The van der Waals surface area contributed by atoms with E-state index in [1.54, 1.807) is 0 Å². The van der Waals surface area contributed by atoms with Crippen LogP contribution in [0.3, 0.4) is 0 Å². The largest absolute Gasteiger partial charge is 0.0917 e. The van der Waals surface area contributed by atoms with Gasteiger partial charge in [0, 0.05) is 5.03 Å². The van der Waals surface area contributed by atoms with Crippen LogP contribution in [0.4, 0.5) is 0 Å². The van der Waals surface area contributed by atoms with Gasteiger partial charge >= 0.3 is 0 Å². The first kappa shape index (κ1) is 9.77. The van der Waals surface area contributed by atoms with E-state index in [1.165, 1.54) is 0 Å². The topological polar surface area (TPSA) is 0 Å². The molecule has 0 aromatic rings. The molecule has 0 aromatic carbocycles. The van der Waals surface area contributed by atoms with E-state index in [1.807, 2.05) is 6.92 Å². The predicted molar refractivity (Wildman–Crippen MR) is 48.3 cm³/mol. The first-order chi connectivity index (χ1) is 4.81. The highest BCUT2D eigenvalue weighted by Gasteiger charge is 1.83. The molecule has 0 radical (unpaired) electrons. The summed E-state index contributed by atoms with van der Waals surface area (Å²) in [5.74, 6) is 0. The lowest BCUT2D eigenvalue weighted by Gasteiger charge is -1.89. The van der Waals surface area contributed by atoms with E-state index in [4.69, 9.17) is 11.6 Å². The quantitative estimate of drug-likeness (QED) is 0.431. The molecule has 0 N–H and O–H groups in total. The third-order valence-corrected chi connectivity index (χ3v) is 1.69. The Bertz CT molecular complexity index is 123. The van der Waals surface area contributed by atoms with E-state index >= 15 is 0 Å². The zero-order chi connectivity index (χ0) is 7.82. The maximum atomic E-state index is 5.78. The van der Waals surface area contributed by atoms with Crippen LogP contribution in [0.2, 0.25) is 0 Å². The molecule has 0 fully saturated rings. The van der Waals surface area contributed by atoms with Crippen molar-refractivity contribution in [2.45, 2.75) is 33.1 Å². The van der Waals surface area contributed by atoms with E-state index in [0.717, 1.165) is 24.3 Å². The maximum absolute atomic E-state index is 5.78. The summed E-state index contributed by atoms with van der Waals surface area (Å²) in [5, 5.41) is 0.976. The van der Waals surface area contributed by atoms with Gasteiger partial charge in [0.1, 0.15) is 0 Å². The Balaban J connectivity index is 3.33. The van der Waals surface area contributed by atoms with E-state index in [0.29, 0.717) is 0 Å². The third kappa shape index (κ3) is 5.90. The molecule has 0 saturated carbocycles. The van der Waals surface area contributed by atoms with Gasteiger partial charge in [-0.2, -0.15) is 0 Å². The van der Waals surface area contributed by atoms with Crippen LogP contribution >= 0.6 is 11.6 Å². The van der Waals surface area contributed by atoms with Gasteiger partial charge in [-0.1, -0.05) is 36.8 Å². The van der Waals surface area contributed by atoms with Crippen LogP contribution in [-0.2, 0) is 0 Å². The lowest BCUT2D eigenvalue weighted by molar-refractivity contribution is 1.03. The summed E-state index contributed by atoms with van der Waals surface area (Å²) in [6.45, 7) is 4.10. The van der Waals surface area contributed by atoms with E-state index in [-0.39, 0.29) is 0 Å². The molecule has 0 aliphatic carbocycles. The SMILES string of the molecule is C/C=C\CC/C=C(/Cl)CC. The molecule has 0 bridgehead atoms. The van der Waals surface area contributed by atoms with Gasteiger partial charge in [-0.25, -0.2) is 0 Å². The first-order valence-electron chi connectivity index (χ1n) is 3.77. The average molecular weight is 159 g/mol. The number of hydrogen-bond acceptors (Lipinski definition) is 0. The Kier molecular flexibility index (Phi) is 6.73. The van der Waals surface area contributed by atoms with Gasteiger partial charge in [0.05, 0.1) is 0 Å². The van der Waals surface area contributed by atoms with Crippen LogP contribution in [0.25, 0.3) is 0 Å². The minimum absolute atomic E-state index is 0.956. The second kappa shape index (κ2) is 6.88. The molecule has 0 aliphatic heterocycles. The Morgan fingerprint density at radius 3 is 2.60 bits per heavy atom. The number of hydrogen-bond donors (Lipinski definition) is 0. The van der Waals surface area contributed by atoms with Crippen LogP contribution in [-0.4, -0.2) is 0 Å². The van der Waals surface area contributed by atoms with Gasteiger partial charge in [0.25, 0.3) is 0 Å². The van der Waals surface area contributed by atoms with Crippen molar-refractivity contribution in [3.63, 3.8) is 0 Å². The molecule has 10 heavy (non-hydrogen) atoms. The summed E-state index contributed by atoms with van der Waals surface area (Å²) in [5.41, 5.74) is 0. The molecular formula is C9H15Cl. The second-order valence-corrected chi connectivity index (χ2v) is 2.64. The van der Waals surface area contributed by atoms with Gasteiger partial charge in [-0.3, -0.25) is 0 Å². The zero-order valence-electron chi connectivity index (χ0n) is 6.73. The van der Waals surface area contributed by atoms with Gasteiger partial charge in [0.15, 0.2) is 0 Å². The summed E-state index contributed by atoms with van der Waals surface area (Å²) in [4.78, 5) is 0. The van der Waals surface area contributed by atoms with Crippen LogP contribution in [0.5, 0.6) is 0 Å². The number of allylic oxidation sites excluding steroid dienone is 4. The minimum atomic E-state index is 0.956. The second-order valence-electron chi connectivity index (χ2n) is 2.15. The molecule has 0 rings (SSSR count). The summed E-state index contributed by atoms with van der Waals surface area (Å²) >= 11 is 5.78. The highest BCUT2D eigenvalue weighted by molar-refractivity contribution is 6.29. The van der Waals surface area contributed by atoms with Gasteiger partial charge < -0.3 is 0 Å². The Labute approximate surface area is 68.6 Å². The fraction of sp³-hybridized carbons (Fsp3) is 0.556. The van der Waals surface area contributed by atoms with E-state index in [2.05, 4.69) is 25.2 Å². The summed E-state index contributed by atoms with van der Waals surface area (Å²) in [7, 11) is 0. The smallest absolute Gasteiger partial charge is 0.0138 e. The molecule has 0 saturated heterocycles. The number of unbranched alkanes of at least 4 members (excludes halogenated alkanes) is 1. The molecule has 58 valence electrons. The van der Waals surface area contributed by atoms with Gasteiger partial charge in [0.2, 0.25) is 0 Å². The van der Waals surface area contributed by atoms with Crippen molar-refractivity contribution in [1.82, 2.24) is 0 Å². The van der Waals surface area contributed by atoms with Crippen LogP contribution in [0, 0.1) is 0 Å². The third-order valence-electron chi connectivity index (χ3n) is 1.27. The lowest BCUT2D eigenvalue weighted by atomic mass is 10.2. The first-order valence-corrected chi connectivity index (χ1v) is 4.14. The van der Waals surface area contributed by atoms with Crippen molar-refractivity contribution in [1.29, 1.82) is 0 Å². The number of halogens is 1. The molecule has 0 aromatic heterocycles. The highest BCUT2D eigenvalue weighted by Crippen LogP contribution is 2.07. The minimum Gasteiger partial charge on any atom is -0.0917 e. The van der Waals surface area contributed by atoms with Crippen molar-refractivity contribution < 1.29 is 0 Å². The van der Waals surface area contributed by atoms with Crippen LogP contribution in [0.1, 0.15) is 33.1 Å². The maximum Gasteiger partial charge on any atom is 0.0138 e. The van der Waals surface area contributed by atoms with Crippen LogP contribution in [0.15, 0.2) is 23.3 Å². The normalized spacial score (nSPS) is 12.9. The molecule has 0 atom stereocenters. The highest BCUT2D eigenvalue weighted by atomic mass is 35.5. The monoisotopic (exact) mass is 158 g/mol. The molecule has 0 nitrogen and oxygen atoms in total. The summed E-state index contributed by atoms with van der Waals surface area (Å²) in [6.07, 6.45) is 9.42. The number of rotatable bonds is 4. The molecule has 0 spiro atoms. The van der Waals surface area contributed by atoms with E-state index in [9.17, 15) is 0 Å². The fourth-order valence-electron chi connectivity index (χ4n) is 0.647. The Morgan fingerprint density at radius 1 is 1.40 bits per heavy atom. The fourth-order valence-corrected chi connectivity index (χ4v) is 0.756. The van der Waals surface area contributed by atoms with Crippen molar-refractivity contribution >= 4 is 11.6 Å². The molecular weight excluding hydrogens is 144 g/mol. The average Bonchev–Trinajstić information content (AvgIpc) is 1.98. The van der Waals surface area contributed by atoms with Gasteiger partial charge in [-0.05, 0) is 26.2 Å². The molecule has 0 heterocycles. The summed E-state index contributed by atoms with van der Waals surface area (Å²) < 4.78 is 0. The Hall–Kier alpha value is -0.230. The van der Waals surface area contributed by atoms with Crippen LogP contribution < -0.4 is 0 Å². The molecule has 1 heteroatoms. The Morgan fingerprint density at radius 2 is 2.10 bits per heavy atom. The van der Waals surface area contributed by atoms with Crippen molar-refractivity contribution in [3.8, 4) is 0 Å². The van der Waals surface area contributed by atoms with Crippen molar-refractivity contribution in [3.05, 3.63) is 23.3 Å². The standard InChI is InChI=1S/C9H15Cl/c1-3-5-6-7-8-9(10)4-2/h3,5,8H,4,6-7H2,1-2H3/b5-3-,9-8+. The lowest BCUT2D eigenvalue weighted by Crippen LogP contribution is -1.68. The molecule has 0 amide bonds. The zero-order valence-corrected chi connectivity index (χ0v) is 7.49. The molecule has 0 aliphatic rings. The van der Waals surface area contributed by atoms with E-state index < -0.39 is 0 Å². The summed E-state index contributed by atoms with van der Waals surface area (Å²) in [6, 6.07) is 0. The van der Waals surface area contributed by atoms with Crippen molar-refractivity contribution in [2.24, 2.45) is 0 Å². The predicted octanol–water partition coefficient (Wildman–Crippen LogP) is 3.88. The van der Waals surface area contributed by atoms with Gasteiger partial charge in [-0.15, -0.1) is 0 Å².